The lowest BCUT2D eigenvalue weighted by Gasteiger charge is -2.19. The summed E-state index contributed by atoms with van der Waals surface area (Å²) < 4.78 is 1.96. The number of hydrogen-bond donors (Lipinski definition) is 1. The van der Waals surface area contributed by atoms with Crippen molar-refractivity contribution in [2.45, 2.75) is 44.8 Å². The van der Waals surface area contributed by atoms with Crippen LogP contribution in [0.2, 0.25) is 0 Å². The van der Waals surface area contributed by atoms with Crippen LogP contribution in [0, 0.1) is 10.1 Å². The molecule has 1 N–H and O–H groups in total. The number of thioether (sulfide) groups is 1. The first kappa shape index (κ1) is 24.1. The molecule has 1 aromatic heterocycles. The Morgan fingerprint density at radius 3 is 2.52 bits per heavy atom. The van der Waals surface area contributed by atoms with Crippen LogP contribution < -0.4 is 5.43 Å². The minimum Gasteiger partial charge on any atom is -0.302 e. The molecule has 10 heteroatoms. The molecule has 1 amide bonds. The molecule has 172 valence electrons. The number of carbonyl (C=O) groups excluding carboxylic acids is 1. The van der Waals surface area contributed by atoms with Crippen LogP contribution in [0.3, 0.4) is 0 Å². The van der Waals surface area contributed by atoms with Gasteiger partial charge in [-0.15, -0.1) is 10.2 Å². The van der Waals surface area contributed by atoms with Crippen molar-refractivity contribution in [1.82, 2.24) is 20.2 Å². The summed E-state index contributed by atoms with van der Waals surface area (Å²) in [6.07, 6.45) is 1.26. The predicted octanol–water partition coefficient (Wildman–Crippen LogP) is 4.41. The number of rotatable bonds is 8. The summed E-state index contributed by atoms with van der Waals surface area (Å²) >= 11 is 1.25. The summed E-state index contributed by atoms with van der Waals surface area (Å²) in [6, 6.07) is 14.4. The Kier molecular flexibility index (Phi) is 7.59. The van der Waals surface area contributed by atoms with Gasteiger partial charge in [0.25, 0.3) is 11.6 Å². The molecule has 0 spiro atoms. The van der Waals surface area contributed by atoms with Gasteiger partial charge < -0.3 is 4.57 Å². The molecule has 3 rings (SSSR count). The van der Waals surface area contributed by atoms with Gasteiger partial charge >= 0.3 is 0 Å². The zero-order valence-corrected chi connectivity index (χ0v) is 19.8. The van der Waals surface area contributed by atoms with Gasteiger partial charge in [0.1, 0.15) is 0 Å². The fraction of sp³-hybridized carbons (Fsp3) is 0.304. The molecule has 0 unspecified atom stereocenters. The minimum absolute atomic E-state index is 0.0687. The monoisotopic (exact) mass is 466 g/mol. The van der Waals surface area contributed by atoms with Crippen molar-refractivity contribution in [1.29, 1.82) is 0 Å². The Bertz CT molecular complexity index is 1170. The molecule has 0 fully saturated rings. The van der Waals surface area contributed by atoms with Gasteiger partial charge in [0, 0.05) is 18.2 Å². The van der Waals surface area contributed by atoms with E-state index in [0.29, 0.717) is 17.3 Å². The first-order valence-corrected chi connectivity index (χ1v) is 11.4. The molecule has 3 aromatic rings. The highest BCUT2D eigenvalue weighted by Gasteiger charge is 2.17. The number of nitro groups is 1. The van der Waals surface area contributed by atoms with Gasteiger partial charge in [-0.2, -0.15) is 5.10 Å². The van der Waals surface area contributed by atoms with E-state index in [1.165, 1.54) is 29.6 Å². The second kappa shape index (κ2) is 10.4. The number of hydrazone groups is 1. The van der Waals surface area contributed by atoms with Crippen molar-refractivity contribution in [3.05, 3.63) is 69.8 Å². The highest BCUT2D eigenvalue weighted by atomic mass is 32.2. The van der Waals surface area contributed by atoms with E-state index in [9.17, 15) is 14.9 Å². The summed E-state index contributed by atoms with van der Waals surface area (Å²) in [6.45, 7) is 9.16. The first-order chi connectivity index (χ1) is 15.7. The topological polar surface area (TPSA) is 115 Å². The highest BCUT2D eigenvalue weighted by Crippen LogP contribution is 2.27. The van der Waals surface area contributed by atoms with E-state index in [0.717, 1.165) is 11.4 Å². The van der Waals surface area contributed by atoms with E-state index < -0.39 is 4.92 Å². The van der Waals surface area contributed by atoms with Gasteiger partial charge in [-0.1, -0.05) is 68.9 Å². The van der Waals surface area contributed by atoms with Crippen LogP contribution in [-0.2, 0) is 16.8 Å². The smallest absolute Gasteiger partial charge is 0.278 e. The lowest BCUT2D eigenvalue weighted by Crippen LogP contribution is -2.20. The van der Waals surface area contributed by atoms with Crippen LogP contribution in [0.25, 0.3) is 11.4 Å². The highest BCUT2D eigenvalue weighted by molar-refractivity contribution is 7.99. The van der Waals surface area contributed by atoms with Gasteiger partial charge in [0.2, 0.25) is 0 Å². The third kappa shape index (κ3) is 6.04. The van der Waals surface area contributed by atoms with Crippen LogP contribution in [-0.4, -0.2) is 37.6 Å². The number of benzene rings is 2. The number of nitrogens with zero attached hydrogens (tertiary/aromatic N) is 5. The Balaban J connectivity index is 1.63. The molecule has 9 nitrogen and oxygen atoms in total. The molecule has 2 aromatic carbocycles. The second-order valence-corrected chi connectivity index (χ2v) is 9.22. The zero-order chi connectivity index (χ0) is 24.0. The maximum Gasteiger partial charge on any atom is 0.278 e. The molecule has 0 saturated carbocycles. The quantitative estimate of drug-likeness (QED) is 0.227. The van der Waals surface area contributed by atoms with Crippen LogP contribution in [0.15, 0.2) is 58.8 Å². The summed E-state index contributed by atoms with van der Waals surface area (Å²) in [5.41, 5.74) is 4.89. The summed E-state index contributed by atoms with van der Waals surface area (Å²) in [7, 11) is 0. The average molecular weight is 467 g/mol. The maximum atomic E-state index is 12.2. The number of nitrogens with one attached hydrogen (secondary N) is 1. The Labute approximate surface area is 196 Å². The summed E-state index contributed by atoms with van der Waals surface area (Å²) in [5.74, 6) is 0.474. The molecule has 0 aliphatic carbocycles. The fourth-order valence-electron chi connectivity index (χ4n) is 3.11. The van der Waals surface area contributed by atoms with E-state index in [2.05, 4.69) is 53.6 Å². The van der Waals surface area contributed by atoms with Crippen molar-refractivity contribution in [2.24, 2.45) is 5.10 Å². The predicted molar refractivity (Wildman–Crippen MR) is 129 cm³/mol. The number of carbonyl (C=O) groups is 1. The number of nitro benzene ring substituents is 1. The summed E-state index contributed by atoms with van der Waals surface area (Å²) in [4.78, 5) is 22.7. The Morgan fingerprint density at radius 2 is 1.88 bits per heavy atom. The van der Waals surface area contributed by atoms with Crippen LogP contribution in [0.5, 0.6) is 0 Å². The summed E-state index contributed by atoms with van der Waals surface area (Å²) in [5, 5.41) is 24.1. The van der Waals surface area contributed by atoms with Crippen LogP contribution >= 0.6 is 11.8 Å². The van der Waals surface area contributed by atoms with Crippen molar-refractivity contribution in [3.8, 4) is 11.4 Å². The molecular formula is C23H26N6O3S. The molecule has 0 bridgehead atoms. The van der Waals surface area contributed by atoms with Crippen molar-refractivity contribution < 1.29 is 9.72 Å². The van der Waals surface area contributed by atoms with Crippen LogP contribution in [0.1, 0.15) is 38.8 Å². The minimum atomic E-state index is -0.495. The Morgan fingerprint density at radius 1 is 1.18 bits per heavy atom. The van der Waals surface area contributed by atoms with Gasteiger partial charge in [-0.3, -0.25) is 14.9 Å². The number of hydrogen-bond acceptors (Lipinski definition) is 7. The second-order valence-electron chi connectivity index (χ2n) is 8.28. The lowest BCUT2D eigenvalue weighted by molar-refractivity contribution is -0.385. The first-order valence-electron chi connectivity index (χ1n) is 10.4. The van der Waals surface area contributed by atoms with E-state index in [1.54, 1.807) is 18.2 Å². The van der Waals surface area contributed by atoms with E-state index in [1.807, 2.05) is 23.6 Å². The molecular weight excluding hydrogens is 440 g/mol. The number of amides is 1. The molecule has 0 saturated heterocycles. The number of para-hydroxylation sites is 1. The number of aromatic nitrogens is 3. The zero-order valence-electron chi connectivity index (χ0n) is 19.0. The molecule has 0 aliphatic heterocycles. The van der Waals surface area contributed by atoms with E-state index >= 15 is 0 Å². The average Bonchev–Trinajstić information content (AvgIpc) is 3.20. The molecule has 0 atom stereocenters. The van der Waals surface area contributed by atoms with Crippen molar-refractivity contribution >= 4 is 29.6 Å². The Hall–Kier alpha value is -3.53. The third-order valence-corrected chi connectivity index (χ3v) is 5.87. The lowest BCUT2D eigenvalue weighted by atomic mass is 9.87. The van der Waals surface area contributed by atoms with E-state index in [-0.39, 0.29) is 22.8 Å². The molecule has 0 aliphatic rings. The molecule has 0 radical (unpaired) electrons. The van der Waals surface area contributed by atoms with Crippen LogP contribution in [0.4, 0.5) is 5.69 Å². The maximum absolute atomic E-state index is 12.2. The van der Waals surface area contributed by atoms with Gasteiger partial charge in [0.05, 0.1) is 22.5 Å². The van der Waals surface area contributed by atoms with E-state index in [4.69, 9.17) is 0 Å². The van der Waals surface area contributed by atoms with Crippen molar-refractivity contribution in [3.63, 3.8) is 0 Å². The largest absolute Gasteiger partial charge is 0.302 e. The van der Waals surface area contributed by atoms with Crippen molar-refractivity contribution in [2.75, 3.05) is 5.75 Å². The van der Waals surface area contributed by atoms with Gasteiger partial charge in [0.15, 0.2) is 11.0 Å². The fourth-order valence-corrected chi connectivity index (χ4v) is 3.91. The SMILES string of the molecule is CCn1c(SCC(=O)N/N=C\c2ccccc2[N+](=O)[O-])nnc1-c1ccc(C(C)(C)C)cc1. The van der Waals surface area contributed by atoms with Gasteiger partial charge in [-0.25, -0.2) is 5.43 Å². The standard InChI is InChI=1S/C23H26N6O3S/c1-5-28-21(16-10-12-18(13-11-16)23(2,3)4)26-27-22(28)33-15-20(30)25-24-14-17-8-6-7-9-19(17)29(31)32/h6-14H,5,15H2,1-4H3,(H,25,30)/b24-14-. The molecule has 33 heavy (non-hydrogen) atoms. The van der Waals surface area contributed by atoms with Gasteiger partial charge in [-0.05, 0) is 24.0 Å². The third-order valence-electron chi connectivity index (χ3n) is 4.90. The normalized spacial score (nSPS) is 11.6. The molecule has 1 heterocycles.